The van der Waals surface area contributed by atoms with Crippen LogP contribution in [0.1, 0.15) is 16.8 Å². The van der Waals surface area contributed by atoms with Gasteiger partial charge in [0, 0.05) is 34.6 Å². The fraction of sp³-hybridized carbons (Fsp3) is 0.357. The molecule has 2 rings (SSSR count). The summed E-state index contributed by atoms with van der Waals surface area (Å²) in [6, 6.07) is 3.56. The summed E-state index contributed by atoms with van der Waals surface area (Å²) < 4.78 is 12.9. The Bertz CT molecular complexity index is 634. The van der Waals surface area contributed by atoms with Gasteiger partial charge >= 0.3 is 0 Å². The quantitative estimate of drug-likeness (QED) is 0.700. The number of alkyl halides is 1. The first kappa shape index (κ1) is 16.5. The Labute approximate surface area is 142 Å². The van der Waals surface area contributed by atoms with E-state index in [0.29, 0.717) is 33.6 Å². The van der Waals surface area contributed by atoms with Gasteiger partial charge in [-0.15, -0.1) is 0 Å². The highest BCUT2D eigenvalue weighted by atomic mass is 79.9. The van der Waals surface area contributed by atoms with Crippen LogP contribution < -0.4 is 9.47 Å². The minimum atomic E-state index is 0.316. The van der Waals surface area contributed by atoms with Crippen LogP contribution in [0.3, 0.4) is 0 Å². The Morgan fingerprint density at radius 1 is 1.33 bits per heavy atom. The van der Waals surface area contributed by atoms with E-state index >= 15 is 0 Å². The standard InChI is InChI=1S/C14H15BrCl2N2O2/c1-8-11(14(17)19(2)18-8)7-21-13-9(6-15)4-10(16)5-12(13)20-3/h4-5H,6-7H2,1-3H3. The topological polar surface area (TPSA) is 36.3 Å². The Morgan fingerprint density at radius 3 is 2.57 bits per heavy atom. The zero-order valence-electron chi connectivity index (χ0n) is 11.9. The van der Waals surface area contributed by atoms with Crippen LogP contribution in [-0.2, 0) is 19.0 Å². The van der Waals surface area contributed by atoms with Crippen molar-refractivity contribution in [2.24, 2.45) is 7.05 Å². The third-order valence-corrected chi connectivity index (χ3v) is 4.39. The number of hydrogen-bond donors (Lipinski definition) is 0. The number of ether oxygens (including phenoxy) is 2. The van der Waals surface area contributed by atoms with Gasteiger partial charge in [-0.1, -0.05) is 39.1 Å². The van der Waals surface area contributed by atoms with Gasteiger partial charge in [0.2, 0.25) is 0 Å². The molecule has 0 spiro atoms. The molecule has 1 heterocycles. The molecule has 0 saturated carbocycles. The lowest BCUT2D eigenvalue weighted by molar-refractivity contribution is 0.282. The largest absolute Gasteiger partial charge is 0.493 e. The monoisotopic (exact) mass is 392 g/mol. The van der Waals surface area contributed by atoms with E-state index < -0.39 is 0 Å². The van der Waals surface area contributed by atoms with Gasteiger partial charge < -0.3 is 9.47 Å². The van der Waals surface area contributed by atoms with Crippen LogP contribution >= 0.6 is 39.1 Å². The molecule has 0 aliphatic carbocycles. The van der Waals surface area contributed by atoms with Crippen LogP contribution in [0.2, 0.25) is 10.2 Å². The highest BCUT2D eigenvalue weighted by molar-refractivity contribution is 9.08. The van der Waals surface area contributed by atoms with E-state index in [2.05, 4.69) is 21.0 Å². The normalized spacial score (nSPS) is 10.8. The Kier molecular flexibility index (Phi) is 5.41. The predicted octanol–water partition coefficient (Wildman–Crippen LogP) is 4.52. The molecule has 1 aromatic carbocycles. The molecule has 0 fully saturated rings. The van der Waals surface area contributed by atoms with Gasteiger partial charge in [-0.3, -0.25) is 4.68 Å². The maximum Gasteiger partial charge on any atom is 0.165 e. The van der Waals surface area contributed by atoms with Gasteiger partial charge in [0.1, 0.15) is 11.8 Å². The molecule has 4 nitrogen and oxygen atoms in total. The lowest BCUT2D eigenvalue weighted by atomic mass is 10.2. The maximum absolute atomic E-state index is 6.21. The van der Waals surface area contributed by atoms with E-state index in [9.17, 15) is 0 Å². The Hall–Kier alpha value is -0.910. The lowest BCUT2D eigenvalue weighted by Crippen LogP contribution is -2.01. The van der Waals surface area contributed by atoms with Crippen LogP contribution in [0.15, 0.2) is 12.1 Å². The van der Waals surface area contributed by atoms with Gasteiger partial charge in [0.25, 0.3) is 0 Å². The average molecular weight is 394 g/mol. The van der Waals surface area contributed by atoms with Crippen molar-refractivity contribution in [3.8, 4) is 11.5 Å². The van der Waals surface area contributed by atoms with Crippen molar-refractivity contribution >= 4 is 39.1 Å². The second-order valence-corrected chi connectivity index (χ2v) is 5.85. The van der Waals surface area contributed by atoms with Crippen LogP contribution in [0, 0.1) is 6.92 Å². The summed E-state index contributed by atoms with van der Waals surface area (Å²) >= 11 is 15.7. The first-order valence-electron chi connectivity index (χ1n) is 6.21. The molecule has 0 bridgehead atoms. The van der Waals surface area contributed by atoms with E-state index in [-0.39, 0.29) is 0 Å². The molecule has 0 aliphatic heterocycles. The molecule has 0 saturated heterocycles. The first-order valence-corrected chi connectivity index (χ1v) is 8.08. The zero-order chi connectivity index (χ0) is 15.6. The summed E-state index contributed by atoms with van der Waals surface area (Å²) in [4.78, 5) is 0. The summed E-state index contributed by atoms with van der Waals surface area (Å²) in [5, 5.41) is 6.05. The van der Waals surface area contributed by atoms with Crippen LogP contribution in [-0.4, -0.2) is 16.9 Å². The number of halogens is 3. The van der Waals surface area contributed by atoms with Crippen LogP contribution in [0.25, 0.3) is 0 Å². The molecule has 0 atom stereocenters. The molecule has 1 aromatic heterocycles. The molecule has 0 amide bonds. The van der Waals surface area contributed by atoms with E-state index in [4.69, 9.17) is 32.7 Å². The highest BCUT2D eigenvalue weighted by Crippen LogP contribution is 2.37. The van der Waals surface area contributed by atoms with Crippen molar-refractivity contribution < 1.29 is 9.47 Å². The third-order valence-electron chi connectivity index (χ3n) is 3.09. The molecule has 2 aromatic rings. The molecule has 21 heavy (non-hydrogen) atoms. The van der Waals surface area contributed by atoms with E-state index in [1.54, 1.807) is 24.9 Å². The van der Waals surface area contributed by atoms with Crippen molar-refractivity contribution in [3.05, 3.63) is 39.1 Å². The van der Waals surface area contributed by atoms with Crippen molar-refractivity contribution in [2.45, 2.75) is 18.9 Å². The second kappa shape index (κ2) is 6.90. The van der Waals surface area contributed by atoms with Crippen LogP contribution in [0.4, 0.5) is 0 Å². The molecule has 0 unspecified atom stereocenters. The molecule has 0 radical (unpaired) electrons. The number of nitrogens with zero attached hydrogens (tertiary/aromatic N) is 2. The zero-order valence-corrected chi connectivity index (χ0v) is 15.0. The van der Waals surface area contributed by atoms with Gasteiger partial charge in [-0.2, -0.15) is 5.10 Å². The van der Waals surface area contributed by atoms with Gasteiger partial charge in [-0.25, -0.2) is 0 Å². The minimum Gasteiger partial charge on any atom is -0.493 e. The average Bonchev–Trinajstić information content (AvgIpc) is 2.70. The summed E-state index contributed by atoms with van der Waals surface area (Å²) in [5.41, 5.74) is 2.62. The Morgan fingerprint density at radius 2 is 2.05 bits per heavy atom. The number of hydrogen-bond acceptors (Lipinski definition) is 3. The lowest BCUT2D eigenvalue weighted by Gasteiger charge is -2.14. The maximum atomic E-state index is 6.21. The van der Waals surface area contributed by atoms with E-state index in [1.807, 2.05) is 13.0 Å². The number of aromatic nitrogens is 2. The molecule has 7 heteroatoms. The van der Waals surface area contributed by atoms with E-state index in [0.717, 1.165) is 16.8 Å². The first-order chi connectivity index (χ1) is 9.97. The second-order valence-electron chi connectivity index (χ2n) is 4.50. The van der Waals surface area contributed by atoms with Crippen molar-refractivity contribution in [1.82, 2.24) is 9.78 Å². The molecular formula is C14H15BrCl2N2O2. The van der Waals surface area contributed by atoms with Crippen LogP contribution in [0.5, 0.6) is 11.5 Å². The minimum absolute atomic E-state index is 0.316. The van der Waals surface area contributed by atoms with E-state index in [1.165, 1.54) is 0 Å². The van der Waals surface area contributed by atoms with Gasteiger partial charge in [0.15, 0.2) is 11.5 Å². The molecule has 0 aliphatic rings. The van der Waals surface area contributed by atoms with Crippen molar-refractivity contribution in [1.29, 1.82) is 0 Å². The number of rotatable bonds is 5. The predicted molar refractivity (Wildman–Crippen MR) is 87.9 cm³/mol. The molecular weight excluding hydrogens is 379 g/mol. The van der Waals surface area contributed by atoms with Crippen molar-refractivity contribution in [3.63, 3.8) is 0 Å². The summed E-state index contributed by atoms with van der Waals surface area (Å²) in [6.45, 7) is 2.21. The Balaban J connectivity index is 2.31. The fourth-order valence-corrected chi connectivity index (χ4v) is 2.90. The fourth-order valence-electron chi connectivity index (χ4n) is 2.02. The molecule has 114 valence electrons. The van der Waals surface area contributed by atoms with Gasteiger partial charge in [-0.05, 0) is 13.0 Å². The number of methoxy groups -OCH3 is 1. The van der Waals surface area contributed by atoms with Gasteiger partial charge in [0.05, 0.1) is 12.8 Å². The molecule has 0 N–H and O–H groups in total. The SMILES string of the molecule is COc1cc(Cl)cc(CBr)c1OCc1c(C)nn(C)c1Cl. The highest BCUT2D eigenvalue weighted by Gasteiger charge is 2.16. The summed E-state index contributed by atoms with van der Waals surface area (Å²) in [7, 11) is 3.38. The smallest absolute Gasteiger partial charge is 0.165 e. The summed E-state index contributed by atoms with van der Waals surface area (Å²) in [6.07, 6.45) is 0. The number of benzene rings is 1. The summed E-state index contributed by atoms with van der Waals surface area (Å²) in [5.74, 6) is 1.24. The van der Waals surface area contributed by atoms with Crippen molar-refractivity contribution in [2.75, 3.05) is 7.11 Å². The number of aryl methyl sites for hydroxylation is 2. The third kappa shape index (κ3) is 3.47.